The Hall–Kier alpha value is -0.730. The van der Waals surface area contributed by atoms with Crippen molar-refractivity contribution in [3.8, 4) is 0 Å². The monoisotopic (exact) mass is 344 g/mol. The van der Waals surface area contributed by atoms with Crippen molar-refractivity contribution in [1.29, 1.82) is 0 Å². The van der Waals surface area contributed by atoms with Gasteiger partial charge in [-0.15, -0.1) is 0 Å². The minimum absolute atomic E-state index is 0.203. The first kappa shape index (κ1) is 18.1. The minimum atomic E-state index is -0.756. The number of carbonyl (C=O) groups excluding carboxylic acids is 1. The topological polar surface area (TPSA) is 83.5 Å². The quantitative estimate of drug-likeness (QED) is 0.731. The summed E-state index contributed by atoms with van der Waals surface area (Å²) in [4.78, 5) is 12.3. The first-order chi connectivity index (χ1) is 11.5. The molecule has 3 aliphatic heterocycles. The zero-order chi connectivity index (χ0) is 17.5. The lowest BCUT2D eigenvalue weighted by Crippen LogP contribution is -2.45. The molecule has 7 nitrogen and oxygen atoms in total. The van der Waals surface area contributed by atoms with Crippen LogP contribution in [0.5, 0.6) is 0 Å². The van der Waals surface area contributed by atoms with Gasteiger partial charge in [-0.05, 0) is 25.7 Å². The van der Waals surface area contributed by atoms with Gasteiger partial charge in [0.05, 0.1) is 6.61 Å². The van der Waals surface area contributed by atoms with Crippen molar-refractivity contribution in [2.75, 3.05) is 6.61 Å². The van der Waals surface area contributed by atoms with Crippen LogP contribution in [0.25, 0.3) is 0 Å². The lowest BCUT2D eigenvalue weighted by molar-refractivity contribution is -0.220. The van der Waals surface area contributed by atoms with Crippen LogP contribution in [0.15, 0.2) is 0 Å². The highest BCUT2D eigenvalue weighted by Crippen LogP contribution is 2.45. The molecule has 1 N–H and O–H groups in total. The molecule has 0 bridgehead atoms. The highest BCUT2D eigenvalue weighted by molar-refractivity contribution is 5.78. The molecule has 3 fully saturated rings. The van der Waals surface area contributed by atoms with E-state index in [1.165, 1.54) is 0 Å². The van der Waals surface area contributed by atoms with Gasteiger partial charge in [-0.25, -0.2) is 4.79 Å². The van der Waals surface area contributed by atoms with E-state index >= 15 is 0 Å². The van der Waals surface area contributed by atoms with Gasteiger partial charge in [0.25, 0.3) is 0 Å². The largest absolute Gasteiger partial charge is 0.455 e. The predicted octanol–water partition coefficient (Wildman–Crippen LogP) is 1.50. The van der Waals surface area contributed by atoms with Crippen LogP contribution in [0.3, 0.4) is 0 Å². The number of fused-ring (bicyclic) bond motifs is 1. The molecule has 0 aromatic carbocycles. The SMILES string of the molecule is CCC1(CC)OC(CO)C([C@H]2OC(=O)[C@@H]3OC(CC)(CC)O[C@H]23)O1. The third kappa shape index (κ3) is 2.66. The Kier molecular flexibility index (Phi) is 4.92. The van der Waals surface area contributed by atoms with E-state index in [9.17, 15) is 9.90 Å². The number of cyclic esters (lactones) is 1. The molecule has 3 rings (SSSR count). The van der Waals surface area contributed by atoms with E-state index in [4.69, 9.17) is 23.7 Å². The Labute approximate surface area is 142 Å². The van der Waals surface area contributed by atoms with Gasteiger partial charge in [0.2, 0.25) is 0 Å². The molecule has 24 heavy (non-hydrogen) atoms. The minimum Gasteiger partial charge on any atom is -0.455 e. The summed E-state index contributed by atoms with van der Waals surface area (Å²) >= 11 is 0. The van der Waals surface area contributed by atoms with Crippen molar-refractivity contribution in [2.45, 2.75) is 95.5 Å². The average Bonchev–Trinajstić information content (AvgIpc) is 3.26. The number of hydrogen-bond acceptors (Lipinski definition) is 7. The van der Waals surface area contributed by atoms with Crippen molar-refractivity contribution < 1.29 is 33.6 Å². The molecule has 3 heterocycles. The first-order valence-electron chi connectivity index (χ1n) is 8.99. The summed E-state index contributed by atoms with van der Waals surface area (Å²) in [6.07, 6.45) is -0.441. The zero-order valence-electron chi connectivity index (χ0n) is 14.8. The van der Waals surface area contributed by atoms with Gasteiger partial charge >= 0.3 is 5.97 Å². The maximum absolute atomic E-state index is 12.3. The van der Waals surface area contributed by atoms with E-state index in [1.807, 2.05) is 27.7 Å². The van der Waals surface area contributed by atoms with Crippen LogP contribution in [-0.2, 0) is 28.5 Å². The third-order valence-corrected chi connectivity index (χ3v) is 5.54. The van der Waals surface area contributed by atoms with E-state index in [-0.39, 0.29) is 6.61 Å². The Morgan fingerprint density at radius 3 is 1.92 bits per heavy atom. The van der Waals surface area contributed by atoms with Crippen molar-refractivity contribution in [3.05, 3.63) is 0 Å². The van der Waals surface area contributed by atoms with Crippen LogP contribution in [0, 0.1) is 0 Å². The molecule has 7 heteroatoms. The standard InChI is InChI=1S/C17H28O7/c1-5-16(6-2)21-10(9-18)11(22-16)12-13-14(15(19)20-12)24-17(7-3,8-4)23-13/h10-14,18H,5-9H2,1-4H3/t10?,11?,12-,13-,14-/m1/s1. The van der Waals surface area contributed by atoms with Gasteiger partial charge < -0.3 is 28.8 Å². The Morgan fingerprint density at radius 1 is 0.833 bits per heavy atom. The highest BCUT2D eigenvalue weighted by Gasteiger charge is 2.63. The van der Waals surface area contributed by atoms with E-state index < -0.39 is 48.1 Å². The van der Waals surface area contributed by atoms with Gasteiger partial charge in [-0.3, -0.25) is 0 Å². The van der Waals surface area contributed by atoms with E-state index in [0.717, 1.165) is 0 Å². The number of carbonyl (C=O) groups is 1. The van der Waals surface area contributed by atoms with Gasteiger partial charge in [0.15, 0.2) is 23.8 Å². The second kappa shape index (κ2) is 6.53. The number of aliphatic hydroxyl groups is 1. The Morgan fingerprint density at radius 2 is 1.38 bits per heavy atom. The smallest absolute Gasteiger partial charge is 0.338 e. The van der Waals surface area contributed by atoms with E-state index in [2.05, 4.69) is 0 Å². The summed E-state index contributed by atoms with van der Waals surface area (Å²) in [5.41, 5.74) is 0. The number of rotatable bonds is 6. The summed E-state index contributed by atoms with van der Waals surface area (Å²) in [5.74, 6) is -1.94. The molecular formula is C17H28O7. The van der Waals surface area contributed by atoms with Crippen LogP contribution in [0.1, 0.15) is 53.4 Å². The molecular weight excluding hydrogens is 316 g/mol. The zero-order valence-corrected chi connectivity index (χ0v) is 14.8. The molecule has 0 aromatic heterocycles. The predicted molar refractivity (Wildman–Crippen MR) is 83.1 cm³/mol. The fourth-order valence-corrected chi connectivity index (χ4v) is 3.86. The molecule has 0 amide bonds. The fourth-order valence-electron chi connectivity index (χ4n) is 3.86. The molecule has 0 spiro atoms. The Balaban J connectivity index is 1.83. The van der Waals surface area contributed by atoms with Crippen LogP contribution in [-0.4, -0.2) is 59.8 Å². The van der Waals surface area contributed by atoms with Crippen molar-refractivity contribution in [2.24, 2.45) is 0 Å². The van der Waals surface area contributed by atoms with E-state index in [0.29, 0.717) is 25.7 Å². The van der Waals surface area contributed by atoms with Gasteiger partial charge in [0, 0.05) is 0 Å². The maximum Gasteiger partial charge on any atom is 0.338 e. The molecule has 0 radical (unpaired) electrons. The van der Waals surface area contributed by atoms with Crippen LogP contribution in [0.2, 0.25) is 0 Å². The molecule has 3 saturated heterocycles. The maximum atomic E-state index is 12.3. The number of aliphatic hydroxyl groups excluding tert-OH is 1. The van der Waals surface area contributed by atoms with E-state index in [1.54, 1.807) is 0 Å². The first-order valence-corrected chi connectivity index (χ1v) is 8.99. The third-order valence-electron chi connectivity index (χ3n) is 5.54. The fraction of sp³-hybridized carbons (Fsp3) is 0.941. The normalized spacial score (nSPS) is 39.9. The number of ether oxygens (including phenoxy) is 5. The van der Waals surface area contributed by atoms with Gasteiger partial charge in [-0.1, -0.05) is 27.7 Å². The second-order valence-corrected chi connectivity index (χ2v) is 6.68. The highest BCUT2D eigenvalue weighted by atomic mass is 16.8. The number of esters is 1. The summed E-state index contributed by atoms with van der Waals surface area (Å²) < 4.78 is 29.6. The summed E-state index contributed by atoms with van der Waals surface area (Å²) in [6, 6.07) is 0. The molecule has 3 aliphatic rings. The lowest BCUT2D eigenvalue weighted by atomic mass is 10.0. The molecule has 138 valence electrons. The number of hydrogen-bond donors (Lipinski definition) is 1. The van der Waals surface area contributed by atoms with Gasteiger partial charge in [0.1, 0.15) is 18.3 Å². The van der Waals surface area contributed by atoms with Crippen molar-refractivity contribution in [3.63, 3.8) is 0 Å². The van der Waals surface area contributed by atoms with Crippen LogP contribution in [0.4, 0.5) is 0 Å². The van der Waals surface area contributed by atoms with Crippen molar-refractivity contribution >= 4 is 5.97 Å². The molecule has 2 unspecified atom stereocenters. The lowest BCUT2D eigenvalue weighted by Gasteiger charge is -2.30. The molecule has 0 aromatic rings. The molecule has 0 saturated carbocycles. The second-order valence-electron chi connectivity index (χ2n) is 6.68. The average molecular weight is 344 g/mol. The van der Waals surface area contributed by atoms with Crippen LogP contribution < -0.4 is 0 Å². The summed E-state index contributed by atoms with van der Waals surface area (Å²) in [7, 11) is 0. The van der Waals surface area contributed by atoms with Gasteiger partial charge in [-0.2, -0.15) is 0 Å². The summed E-state index contributed by atoms with van der Waals surface area (Å²) in [5, 5.41) is 9.70. The molecule has 0 aliphatic carbocycles. The Bertz CT molecular complexity index is 472. The van der Waals surface area contributed by atoms with Crippen molar-refractivity contribution in [1.82, 2.24) is 0 Å². The summed E-state index contributed by atoms with van der Waals surface area (Å²) in [6.45, 7) is 7.67. The molecule has 5 atom stereocenters. The van der Waals surface area contributed by atoms with Crippen LogP contribution >= 0.6 is 0 Å².